The highest BCUT2D eigenvalue weighted by atomic mass is 32.1. The zero-order chi connectivity index (χ0) is 14.1. The second-order valence-corrected chi connectivity index (χ2v) is 6.56. The lowest BCUT2D eigenvalue weighted by Crippen LogP contribution is -2.30. The summed E-state index contributed by atoms with van der Waals surface area (Å²) < 4.78 is 2.30. The van der Waals surface area contributed by atoms with E-state index < -0.39 is 0 Å². The van der Waals surface area contributed by atoms with Gasteiger partial charge in [-0.3, -0.25) is 0 Å². The molecule has 0 bridgehead atoms. The van der Waals surface area contributed by atoms with Crippen LogP contribution in [-0.2, 0) is 6.54 Å². The third-order valence-electron chi connectivity index (χ3n) is 4.09. The van der Waals surface area contributed by atoms with Gasteiger partial charge in [-0.1, -0.05) is 6.07 Å². The molecule has 4 rings (SSSR count). The number of pyridine rings is 1. The summed E-state index contributed by atoms with van der Waals surface area (Å²) >= 11 is 1.79. The molecular formula is C16H18N4S. The molecule has 3 aromatic heterocycles. The third-order valence-corrected chi connectivity index (χ3v) is 4.95. The monoisotopic (exact) mass is 298 g/mol. The van der Waals surface area contributed by atoms with E-state index in [0.717, 1.165) is 30.8 Å². The first-order chi connectivity index (χ1) is 10.4. The number of piperidine rings is 1. The van der Waals surface area contributed by atoms with Crippen LogP contribution < -0.4 is 5.32 Å². The summed E-state index contributed by atoms with van der Waals surface area (Å²) in [5, 5.41) is 5.62. The smallest absolute Gasteiger partial charge is 0.160 e. The molecule has 4 nitrogen and oxygen atoms in total. The van der Waals surface area contributed by atoms with Gasteiger partial charge in [-0.2, -0.15) is 0 Å². The molecule has 0 aromatic carbocycles. The van der Waals surface area contributed by atoms with Crippen LogP contribution in [0.15, 0.2) is 35.8 Å². The molecule has 5 heteroatoms. The van der Waals surface area contributed by atoms with Gasteiger partial charge in [-0.05, 0) is 43.0 Å². The van der Waals surface area contributed by atoms with Gasteiger partial charge in [0.15, 0.2) is 5.65 Å². The normalized spacial score (nSPS) is 19.1. The van der Waals surface area contributed by atoms with Crippen molar-refractivity contribution < 1.29 is 0 Å². The fourth-order valence-corrected chi connectivity index (χ4v) is 3.77. The Morgan fingerprint density at radius 1 is 1.33 bits per heavy atom. The zero-order valence-electron chi connectivity index (χ0n) is 11.8. The molecule has 1 unspecified atom stereocenters. The van der Waals surface area contributed by atoms with Crippen LogP contribution in [0.1, 0.15) is 29.5 Å². The molecule has 3 aromatic rings. The summed E-state index contributed by atoms with van der Waals surface area (Å²) in [6, 6.07) is 8.32. The summed E-state index contributed by atoms with van der Waals surface area (Å²) in [6.07, 6.45) is 4.29. The van der Waals surface area contributed by atoms with E-state index in [1.165, 1.54) is 23.5 Å². The molecule has 1 aliphatic rings. The Morgan fingerprint density at radius 2 is 2.33 bits per heavy atom. The number of thiophene rings is 1. The summed E-state index contributed by atoms with van der Waals surface area (Å²) in [5.41, 5.74) is 2.01. The quantitative estimate of drug-likeness (QED) is 0.808. The molecule has 0 spiro atoms. The number of rotatable bonds is 3. The van der Waals surface area contributed by atoms with Crippen LogP contribution in [0.2, 0.25) is 0 Å². The third kappa shape index (κ3) is 2.47. The zero-order valence-corrected chi connectivity index (χ0v) is 12.6. The lowest BCUT2D eigenvalue weighted by atomic mass is 9.99. The molecule has 108 valence electrons. The first-order valence-corrected chi connectivity index (χ1v) is 8.34. The standard InChI is InChI=1S/C16H18N4S/c1-4-12(10-17-7-1)15-19-14-6-2-8-18-16(14)20(15)11-13-5-3-9-21-13/h2-3,5-6,8-9,12,17H,1,4,7,10-11H2. The molecule has 0 aliphatic carbocycles. The van der Waals surface area contributed by atoms with Crippen molar-refractivity contribution in [2.24, 2.45) is 0 Å². The van der Waals surface area contributed by atoms with E-state index in [9.17, 15) is 0 Å². The molecule has 1 saturated heterocycles. The number of hydrogen-bond donors (Lipinski definition) is 1. The van der Waals surface area contributed by atoms with Crippen LogP contribution in [0, 0.1) is 0 Å². The minimum atomic E-state index is 0.493. The minimum absolute atomic E-state index is 0.493. The Labute approximate surface area is 127 Å². The maximum Gasteiger partial charge on any atom is 0.160 e. The summed E-state index contributed by atoms with van der Waals surface area (Å²) in [5.74, 6) is 1.68. The Kier molecular flexibility index (Phi) is 3.45. The topological polar surface area (TPSA) is 42.7 Å². The highest BCUT2D eigenvalue weighted by Crippen LogP contribution is 2.27. The highest BCUT2D eigenvalue weighted by Gasteiger charge is 2.22. The van der Waals surface area contributed by atoms with Crippen molar-refractivity contribution in [3.63, 3.8) is 0 Å². The van der Waals surface area contributed by atoms with Gasteiger partial charge in [-0.15, -0.1) is 11.3 Å². The van der Waals surface area contributed by atoms with Crippen molar-refractivity contribution in [1.82, 2.24) is 19.9 Å². The van der Waals surface area contributed by atoms with Gasteiger partial charge in [0.25, 0.3) is 0 Å². The van der Waals surface area contributed by atoms with Gasteiger partial charge in [0, 0.05) is 23.5 Å². The lowest BCUT2D eigenvalue weighted by Gasteiger charge is -2.23. The molecule has 0 radical (unpaired) electrons. The maximum atomic E-state index is 4.88. The van der Waals surface area contributed by atoms with E-state index in [1.54, 1.807) is 11.3 Å². The van der Waals surface area contributed by atoms with Crippen molar-refractivity contribution in [2.45, 2.75) is 25.3 Å². The summed E-state index contributed by atoms with van der Waals surface area (Å²) in [7, 11) is 0. The van der Waals surface area contributed by atoms with Gasteiger partial charge in [-0.25, -0.2) is 9.97 Å². The highest BCUT2D eigenvalue weighted by molar-refractivity contribution is 7.09. The van der Waals surface area contributed by atoms with Crippen molar-refractivity contribution in [1.29, 1.82) is 0 Å². The molecule has 0 amide bonds. The molecule has 1 atom stereocenters. The Balaban J connectivity index is 1.80. The van der Waals surface area contributed by atoms with Gasteiger partial charge in [0.05, 0.1) is 6.54 Å². The molecular weight excluding hydrogens is 280 g/mol. The summed E-state index contributed by atoms with van der Waals surface area (Å²) in [4.78, 5) is 10.8. The Bertz CT molecular complexity index is 726. The van der Waals surface area contributed by atoms with E-state index in [4.69, 9.17) is 4.98 Å². The first-order valence-electron chi connectivity index (χ1n) is 7.46. The van der Waals surface area contributed by atoms with E-state index in [-0.39, 0.29) is 0 Å². The number of nitrogens with one attached hydrogen (secondary N) is 1. The Morgan fingerprint density at radius 3 is 3.14 bits per heavy atom. The Hall–Kier alpha value is -1.72. The first kappa shape index (κ1) is 13.0. The largest absolute Gasteiger partial charge is 0.316 e. The average Bonchev–Trinajstić information content (AvgIpc) is 3.17. The van der Waals surface area contributed by atoms with Crippen LogP contribution >= 0.6 is 11.3 Å². The van der Waals surface area contributed by atoms with Gasteiger partial charge in [0.1, 0.15) is 11.3 Å². The van der Waals surface area contributed by atoms with Crippen LogP contribution in [0.25, 0.3) is 11.2 Å². The SMILES string of the molecule is c1csc(Cn2c(C3CCCNC3)nc3cccnc32)c1. The maximum absolute atomic E-state index is 4.88. The van der Waals surface area contributed by atoms with Gasteiger partial charge in [0.2, 0.25) is 0 Å². The number of aromatic nitrogens is 3. The molecule has 4 heterocycles. The van der Waals surface area contributed by atoms with Crippen LogP contribution in [0.5, 0.6) is 0 Å². The number of fused-ring (bicyclic) bond motifs is 1. The van der Waals surface area contributed by atoms with E-state index in [1.807, 2.05) is 12.3 Å². The second kappa shape index (κ2) is 5.58. The summed E-state index contributed by atoms with van der Waals surface area (Å²) in [6.45, 7) is 3.02. The predicted molar refractivity (Wildman–Crippen MR) is 85.8 cm³/mol. The van der Waals surface area contributed by atoms with E-state index in [0.29, 0.717) is 5.92 Å². The molecule has 21 heavy (non-hydrogen) atoms. The van der Waals surface area contributed by atoms with Crippen LogP contribution in [0.3, 0.4) is 0 Å². The van der Waals surface area contributed by atoms with E-state index in [2.05, 4.69) is 38.4 Å². The number of nitrogens with zero attached hydrogens (tertiary/aromatic N) is 3. The fraction of sp³-hybridized carbons (Fsp3) is 0.375. The second-order valence-electron chi connectivity index (χ2n) is 5.52. The van der Waals surface area contributed by atoms with Crippen molar-refractivity contribution in [3.05, 3.63) is 46.5 Å². The molecule has 1 N–H and O–H groups in total. The molecule has 0 saturated carbocycles. The lowest BCUT2D eigenvalue weighted by molar-refractivity contribution is 0.437. The molecule has 1 fully saturated rings. The van der Waals surface area contributed by atoms with Crippen molar-refractivity contribution >= 4 is 22.5 Å². The van der Waals surface area contributed by atoms with E-state index >= 15 is 0 Å². The average molecular weight is 298 g/mol. The van der Waals surface area contributed by atoms with Crippen LogP contribution in [-0.4, -0.2) is 27.6 Å². The molecule has 1 aliphatic heterocycles. The van der Waals surface area contributed by atoms with Crippen LogP contribution in [0.4, 0.5) is 0 Å². The predicted octanol–water partition coefficient (Wildman–Crippen LogP) is 3.01. The van der Waals surface area contributed by atoms with Gasteiger partial charge < -0.3 is 9.88 Å². The van der Waals surface area contributed by atoms with Gasteiger partial charge >= 0.3 is 0 Å². The van der Waals surface area contributed by atoms with Crippen molar-refractivity contribution in [2.75, 3.05) is 13.1 Å². The number of hydrogen-bond acceptors (Lipinski definition) is 4. The van der Waals surface area contributed by atoms with Crippen molar-refractivity contribution in [3.8, 4) is 0 Å². The minimum Gasteiger partial charge on any atom is -0.316 e. The fourth-order valence-electron chi connectivity index (χ4n) is 3.07. The number of imidazole rings is 1.